The maximum atomic E-state index is 10.5. The van der Waals surface area contributed by atoms with Crippen LogP contribution in [0.2, 0.25) is 5.02 Å². The van der Waals surface area contributed by atoms with Gasteiger partial charge in [-0.3, -0.25) is 4.79 Å². The van der Waals surface area contributed by atoms with Crippen LogP contribution in [0.15, 0.2) is 24.3 Å². The molecule has 0 aromatic heterocycles. The normalized spacial score (nSPS) is 12.7. The lowest BCUT2D eigenvalue weighted by atomic mass is 9.84. The van der Waals surface area contributed by atoms with Gasteiger partial charge in [0.1, 0.15) is 0 Å². The molecule has 3 heteroatoms. The van der Waals surface area contributed by atoms with Crippen LogP contribution in [-0.2, 0) is 4.79 Å². The van der Waals surface area contributed by atoms with Crippen LogP contribution in [-0.4, -0.2) is 11.1 Å². The predicted octanol–water partition coefficient (Wildman–Crippen LogP) is 4.33. The van der Waals surface area contributed by atoms with E-state index in [2.05, 4.69) is 13.8 Å². The minimum absolute atomic E-state index is 0.247. The Kier molecular flexibility index (Phi) is 5.49. The Morgan fingerprint density at radius 3 is 2.35 bits per heavy atom. The van der Waals surface area contributed by atoms with Gasteiger partial charge in [-0.25, -0.2) is 0 Å². The summed E-state index contributed by atoms with van der Waals surface area (Å²) in [6.45, 7) is 4.33. The molecule has 0 aliphatic carbocycles. The van der Waals surface area contributed by atoms with Gasteiger partial charge in [-0.05, 0) is 42.4 Å². The van der Waals surface area contributed by atoms with Crippen molar-refractivity contribution in [1.82, 2.24) is 0 Å². The predicted molar refractivity (Wildman–Crippen MR) is 70.5 cm³/mol. The van der Waals surface area contributed by atoms with Crippen LogP contribution in [0.4, 0.5) is 0 Å². The van der Waals surface area contributed by atoms with Crippen LogP contribution < -0.4 is 0 Å². The van der Waals surface area contributed by atoms with Gasteiger partial charge in [0.05, 0.1) is 0 Å². The average Bonchev–Trinajstić information content (AvgIpc) is 2.25. The van der Waals surface area contributed by atoms with E-state index in [1.807, 2.05) is 24.3 Å². The molecule has 0 aliphatic heterocycles. The Labute approximate surface area is 108 Å². The molecule has 0 radical (unpaired) electrons. The lowest BCUT2D eigenvalue weighted by Gasteiger charge is -2.21. The van der Waals surface area contributed by atoms with E-state index in [0.717, 1.165) is 17.9 Å². The number of carboxylic acid groups (broad SMARTS) is 1. The Morgan fingerprint density at radius 2 is 1.88 bits per heavy atom. The van der Waals surface area contributed by atoms with Crippen LogP contribution >= 0.6 is 11.6 Å². The molecule has 2 nitrogen and oxygen atoms in total. The zero-order valence-electron chi connectivity index (χ0n) is 10.3. The first kappa shape index (κ1) is 14.0. The average molecular weight is 255 g/mol. The molecule has 0 aliphatic rings. The lowest BCUT2D eigenvalue weighted by molar-refractivity contribution is -0.137. The third-order valence-corrected chi connectivity index (χ3v) is 3.26. The molecule has 1 unspecified atom stereocenters. The molecule has 0 bridgehead atoms. The number of rotatable bonds is 6. The Morgan fingerprint density at radius 1 is 1.29 bits per heavy atom. The van der Waals surface area contributed by atoms with Crippen molar-refractivity contribution in [3.63, 3.8) is 0 Å². The highest BCUT2D eigenvalue weighted by Gasteiger charge is 2.15. The van der Waals surface area contributed by atoms with Crippen LogP contribution in [0.5, 0.6) is 0 Å². The van der Waals surface area contributed by atoms with Gasteiger partial charge in [0.2, 0.25) is 0 Å². The molecule has 1 N–H and O–H groups in total. The van der Waals surface area contributed by atoms with Gasteiger partial charge in [-0.15, -0.1) is 0 Å². The van der Waals surface area contributed by atoms with Crippen LogP contribution in [0.25, 0.3) is 0 Å². The Balaban J connectivity index is 2.65. The molecule has 94 valence electrons. The minimum Gasteiger partial charge on any atom is -0.481 e. The summed E-state index contributed by atoms with van der Waals surface area (Å²) < 4.78 is 0. The number of benzene rings is 1. The zero-order valence-corrected chi connectivity index (χ0v) is 11.1. The summed E-state index contributed by atoms with van der Waals surface area (Å²) >= 11 is 5.86. The molecule has 0 fully saturated rings. The van der Waals surface area contributed by atoms with E-state index in [1.54, 1.807) is 0 Å². The third-order valence-electron chi connectivity index (χ3n) is 3.01. The highest BCUT2D eigenvalue weighted by molar-refractivity contribution is 6.30. The molecule has 0 saturated heterocycles. The van der Waals surface area contributed by atoms with Crippen LogP contribution in [0.1, 0.15) is 44.6 Å². The molecule has 0 amide bonds. The van der Waals surface area contributed by atoms with Crippen molar-refractivity contribution in [2.24, 2.45) is 5.92 Å². The molecular formula is C14H19ClO2. The van der Waals surface area contributed by atoms with Crippen molar-refractivity contribution in [3.05, 3.63) is 34.9 Å². The number of halogens is 1. The quantitative estimate of drug-likeness (QED) is 0.820. The maximum absolute atomic E-state index is 10.5. The molecule has 0 saturated carbocycles. The fourth-order valence-corrected chi connectivity index (χ4v) is 2.19. The first-order valence-electron chi connectivity index (χ1n) is 5.98. The van der Waals surface area contributed by atoms with E-state index in [0.29, 0.717) is 11.8 Å². The smallest absolute Gasteiger partial charge is 0.303 e. The number of carbonyl (C=O) groups is 1. The molecule has 0 heterocycles. The van der Waals surface area contributed by atoms with E-state index < -0.39 is 5.97 Å². The highest BCUT2D eigenvalue weighted by atomic mass is 35.5. The SMILES string of the molecule is CC(C)C(CCCC(=O)O)c1ccc(Cl)cc1. The monoisotopic (exact) mass is 254 g/mol. The molecule has 17 heavy (non-hydrogen) atoms. The fourth-order valence-electron chi connectivity index (χ4n) is 2.07. The van der Waals surface area contributed by atoms with Crippen LogP contribution in [0.3, 0.4) is 0 Å². The first-order valence-corrected chi connectivity index (χ1v) is 6.35. The fraction of sp³-hybridized carbons (Fsp3) is 0.500. The summed E-state index contributed by atoms with van der Waals surface area (Å²) in [4.78, 5) is 10.5. The number of hydrogen-bond acceptors (Lipinski definition) is 1. The van der Waals surface area contributed by atoms with Gasteiger partial charge in [0.25, 0.3) is 0 Å². The molecule has 1 rings (SSSR count). The third kappa shape index (κ3) is 4.78. The van der Waals surface area contributed by atoms with Crippen molar-refractivity contribution in [2.45, 2.75) is 39.0 Å². The van der Waals surface area contributed by atoms with Gasteiger partial charge < -0.3 is 5.11 Å². The van der Waals surface area contributed by atoms with Gasteiger partial charge in [0, 0.05) is 11.4 Å². The van der Waals surface area contributed by atoms with Crippen LogP contribution in [0, 0.1) is 5.92 Å². The second-order valence-corrected chi connectivity index (χ2v) is 5.12. The Hall–Kier alpha value is -1.02. The van der Waals surface area contributed by atoms with Gasteiger partial charge in [-0.2, -0.15) is 0 Å². The van der Waals surface area contributed by atoms with Gasteiger partial charge in [-0.1, -0.05) is 37.6 Å². The van der Waals surface area contributed by atoms with E-state index in [1.165, 1.54) is 5.56 Å². The van der Waals surface area contributed by atoms with Gasteiger partial charge in [0.15, 0.2) is 0 Å². The van der Waals surface area contributed by atoms with E-state index in [9.17, 15) is 4.79 Å². The van der Waals surface area contributed by atoms with Crippen molar-refractivity contribution in [2.75, 3.05) is 0 Å². The van der Waals surface area contributed by atoms with E-state index >= 15 is 0 Å². The first-order chi connectivity index (χ1) is 8.00. The number of aliphatic carboxylic acids is 1. The molecule has 1 atom stereocenters. The minimum atomic E-state index is -0.719. The van der Waals surface area contributed by atoms with Crippen molar-refractivity contribution in [3.8, 4) is 0 Å². The largest absolute Gasteiger partial charge is 0.481 e. The molecule has 1 aromatic carbocycles. The summed E-state index contributed by atoms with van der Waals surface area (Å²) in [5, 5.41) is 9.39. The van der Waals surface area contributed by atoms with E-state index in [-0.39, 0.29) is 6.42 Å². The summed E-state index contributed by atoms with van der Waals surface area (Å²) in [6, 6.07) is 7.86. The summed E-state index contributed by atoms with van der Waals surface area (Å²) in [7, 11) is 0. The number of hydrogen-bond donors (Lipinski definition) is 1. The molecule has 0 spiro atoms. The van der Waals surface area contributed by atoms with Crippen molar-refractivity contribution >= 4 is 17.6 Å². The van der Waals surface area contributed by atoms with E-state index in [4.69, 9.17) is 16.7 Å². The summed E-state index contributed by atoms with van der Waals surface area (Å²) in [5.41, 5.74) is 1.25. The summed E-state index contributed by atoms with van der Waals surface area (Å²) in [5.74, 6) is 0.195. The zero-order chi connectivity index (χ0) is 12.8. The topological polar surface area (TPSA) is 37.3 Å². The van der Waals surface area contributed by atoms with Gasteiger partial charge >= 0.3 is 5.97 Å². The second kappa shape index (κ2) is 6.65. The second-order valence-electron chi connectivity index (χ2n) is 4.69. The summed E-state index contributed by atoms with van der Waals surface area (Å²) in [6.07, 6.45) is 1.88. The lowest BCUT2D eigenvalue weighted by Crippen LogP contribution is -2.08. The van der Waals surface area contributed by atoms with Crippen molar-refractivity contribution in [1.29, 1.82) is 0 Å². The number of carboxylic acids is 1. The Bertz CT molecular complexity index is 357. The maximum Gasteiger partial charge on any atom is 0.303 e. The standard InChI is InChI=1S/C14H19ClO2/c1-10(2)13(4-3-5-14(16)17)11-6-8-12(15)9-7-11/h6-10,13H,3-5H2,1-2H3,(H,16,17). The molecule has 1 aromatic rings. The molecular weight excluding hydrogens is 236 g/mol. The van der Waals surface area contributed by atoms with Crippen molar-refractivity contribution < 1.29 is 9.90 Å². The highest BCUT2D eigenvalue weighted by Crippen LogP contribution is 2.30.